The molecule has 15 heavy (non-hydrogen) atoms. The molecule has 2 aliphatic rings. The number of rotatable bonds is 1. The maximum atomic E-state index is 5.45. The SMILES string of the molecule is NC(=S)Nc1ccc2c(c1)C=CC1CI21. The van der Waals surface area contributed by atoms with Crippen molar-refractivity contribution in [2.75, 3.05) is 9.74 Å². The number of hydrogen-bond donors (Lipinski definition) is 2. The molecule has 78 valence electrons. The second kappa shape index (κ2) is 3.45. The molecule has 1 fully saturated rings. The van der Waals surface area contributed by atoms with E-state index in [-0.39, 0.29) is 0 Å². The molecule has 0 bridgehead atoms. The second-order valence-corrected chi connectivity index (χ2v) is 10.0. The molecule has 0 saturated carbocycles. The zero-order valence-corrected chi connectivity index (χ0v) is 11.0. The molecule has 3 rings (SSSR count). The molecule has 2 aliphatic heterocycles. The molecule has 3 N–H and O–H groups in total. The molecule has 2 nitrogen and oxygen atoms in total. The van der Waals surface area contributed by atoms with E-state index in [1.54, 1.807) is 3.57 Å². The molecule has 1 atom stereocenters. The van der Waals surface area contributed by atoms with Crippen molar-refractivity contribution in [2.24, 2.45) is 5.73 Å². The summed E-state index contributed by atoms with van der Waals surface area (Å²) < 4.78 is 4.05. The zero-order chi connectivity index (χ0) is 10.4. The summed E-state index contributed by atoms with van der Waals surface area (Å²) in [7, 11) is 0. The number of allylic oxidation sites excluding steroid dienone is 1. The molecule has 0 aliphatic carbocycles. The number of halogens is 1. The number of thiocarbonyl (C=S) groups is 1. The fourth-order valence-corrected chi connectivity index (χ4v) is 7.88. The van der Waals surface area contributed by atoms with Crippen molar-refractivity contribution < 1.29 is 0 Å². The van der Waals surface area contributed by atoms with Crippen LogP contribution in [0.2, 0.25) is 0 Å². The summed E-state index contributed by atoms with van der Waals surface area (Å²) in [4.78, 5) is 0. The molecule has 1 aromatic carbocycles. The van der Waals surface area contributed by atoms with Crippen molar-refractivity contribution in [2.45, 2.75) is 3.92 Å². The fourth-order valence-electron chi connectivity index (χ4n) is 1.82. The van der Waals surface area contributed by atoms with Crippen LogP contribution in [0.4, 0.5) is 5.69 Å². The van der Waals surface area contributed by atoms with E-state index in [0.717, 1.165) is 9.61 Å². The standard InChI is InChI=1S/C11H11IN2S/c13-11(15)14-9-3-4-10-7(5-9)1-2-8-6-12(8)10/h1-5,8H,6H2,(H3,13,14,15). The summed E-state index contributed by atoms with van der Waals surface area (Å²) in [6.07, 6.45) is 4.61. The summed E-state index contributed by atoms with van der Waals surface area (Å²) in [5, 5.41) is 3.31. The van der Waals surface area contributed by atoms with Gasteiger partial charge in [-0.3, -0.25) is 0 Å². The fraction of sp³-hybridized carbons (Fsp3) is 0.182. The van der Waals surface area contributed by atoms with Crippen molar-refractivity contribution in [3.63, 3.8) is 0 Å². The third kappa shape index (κ3) is 1.76. The Labute approximate surface area is 101 Å². The summed E-state index contributed by atoms with van der Waals surface area (Å²) >= 11 is 4.09. The molecule has 1 saturated heterocycles. The van der Waals surface area contributed by atoms with Crippen LogP contribution in [0.5, 0.6) is 0 Å². The third-order valence-corrected chi connectivity index (χ3v) is 8.69. The van der Waals surface area contributed by atoms with Gasteiger partial charge in [0, 0.05) is 0 Å². The second-order valence-electron chi connectivity index (χ2n) is 3.65. The monoisotopic (exact) mass is 330 g/mol. The Balaban J connectivity index is 1.97. The van der Waals surface area contributed by atoms with Gasteiger partial charge in [-0.1, -0.05) is 0 Å². The van der Waals surface area contributed by atoms with Crippen LogP contribution in [0.1, 0.15) is 5.56 Å². The van der Waals surface area contributed by atoms with E-state index in [0.29, 0.717) is 5.11 Å². The van der Waals surface area contributed by atoms with E-state index >= 15 is 0 Å². The van der Waals surface area contributed by atoms with Crippen LogP contribution in [0, 0.1) is 3.57 Å². The quantitative estimate of drug-likeness (QED) is 0.472. The van der Waals surface area contributed by atoms with Gasteiger partial charge in [0.25, 0.3) is 0 Å². The Morgan fingerprint density at radius 3 is 3.20 bits per heavy atom. The van der Waals surface area contributed by atoms with Gasteiger partial charge in [-0.2, -0.15) is 0 Å². The molecule has 4 heteroatoms. The molecular weight excluding hydrogens is 319 g/mol. The van der Waals surface area contributed by atoms with Crippen LogP contribution in [-0.4, -0.2) is 13.5 Å². The number of hydrogen-bond acceptors (Lipinski definition) is 1. The van der Waals surface area contributed by atoms with Gasteiger partial charge in [0.2, 0.25) is 0 Å². The normalized spacial score (nSPS) is 22.9. The first-order valence-corrected chi connectivity index (χ1v) is 9.03. The molecular formula is C11H11IN2S. The van der Waals surface area contributed by atoms with E-state index in [2.05, 4.69) is 35.7 Å². The molecule has 0 amide bonds. The van der Waals surface area contributed by atoms with Gasteiger partial charge < -0.3 is 0 Å². The van der Waals surface area contributed by atoms with Gasteiger partial charge in [0.15, 0.2) is 0 Å². The van der Waals surface area contributed by atoms with Crippen LogP contribution in [0.3, 0.4) is 0 Å². The predicted molar refractivity (Wildman–Crippen MR) is 77.3 cm³/mol. The zero-order valence-electron chi connectivity index (χ0n) is 8.03. The van der Waals surface area contributed by atoms with Gasteiger partial charge >= 0.3 is 102 Å². The Morgan fingerprint density at radius 2 is 2.40 bits per heavy atom. The van der Waals surface area contributed by atoms with E-state index < -0.39 is 19.8 Å². The maximum absolute atomic E-state index is 5.45. The number of anilines is 1. The summed E-state index contributed by atoms with van der Waals surface area (Å²) in [5.41, 5.74) is 7.82. The molecule has 0 spiro atoms. The minimum absolute atomic E-state index is 0.331. The first kappa shape index (κ1) is 9.59. The number of fused-ring (bicyclic) bond motifs is 3. The summed E-state index contributed by atoms with van der Waals surface area (Å²) in [6.45, 7) is 0. The van der Waals surface area contributed by atoms with Crippen LogP contribution in [0.15, 0.2) is 24.3 Å². The van der Waals surface area contributed by atoms with Crippen molar-refractivity contribution in [1.82, 2.24) is 0 Å². The van der Waals surface area contributed by atoms with Gasteiger partial charge in [0.1, 0.15) is 0 Å². The van der Waals surface area contributed by atoms with Gasteiger partial charge in [0.05, 0.1) is 0 Å². The first-order chi connectivity index (χ1) is 7.24. The van der Waals surface area contributed by atoms with Crippen LogP contribution in [-0.2, 0) is 0 Å². The summed E-state index contributed by atoms with van der Waals surface area (Å²) in [6, 6.07) is 6.49. The topological polar surface area (TPSA) is 38.0 Å². The Hall–Kier alpha value is -0.620. The minimum atomic E-state index is -0.730. The van der Waals surface area contributed by atoms with Crippen molar-refractivity contribution in [3.8, 4) is 0 Å². The summed E-state index contributed by atoms with van der Waals surface area (Å²) in [5.74, 6) is 0. The van der Waals surface area contributed by atoms with Crippen LogP contribution in [0.25, 0.3) is 6.08 Å². The van der Waals surface area contributed by atoms with E-state index in [4.69, 9.17) is 18.0 Å². The van der Waals surface area contributed by atoms with Crippen LogP contribution < -0.4 is 11.1 Å². The average molecular weight is 330 g/mol. The van der Waals surface area contributed by atoms with E-state index in [9.17, 15) is 0 Å². The predicted octanol–water partition coefficient (Wildman–Crippen LogP) is 2.43. The van der Waals surface area contributed by atoms with Crippen molar-refractivity contribution in [1.29, 1.82) is 0 Å². The van der Waals surface area contributed by atoms with Crippen molar-refractivity contribution >= 4 is 48.9 Å². The van der Waals surface area contributed by atoms with Crippen LogP contribution >= 0.6 is 32.0 Å². The number of benzene rings is 1. The van der Waals surface area contributed by atoms with Crippen molar-refractivity contribution in [3.05, 3.63) is 33.4 Å². The third-order valence-electron chi connectivity index (χ3n) is 2.56. The van der Waals surface area contributed by atoms with Gasteiger partial charge in [-0.25, -0.2) is 0 Å². The number of nitrogens with two attached hydrogens (primary N) is 1. The number of nitrogens with one attached hydrogen (secondary N) is 1. The first-order valence-electron chi connectivity index (χ1n) is 4.77. The number of alkyl halides is 2. The van der Waals surface area contributed by atoms with Gasteiger partial charge in [-0.15, -0.1) is 0 Å². The average Bonchev–Trinajstić information content (AvgIpc) is 2.95. The molecule has 0 aromatic heterocycles. The Morgan fingerprint density at radius 1 is 1.53 bits per heavy atom. The molecule has 0 radical (unpaired) electrons. The molecule has 1 unspecified atom stereocenters. The van der Waals surface area contributed by atoms with E-state index in [1.165, 1.54) is 9.99 Å². The molecule has 1 aromatic rings. The Kier molecular flexibility index (Phi) is 2.21. The van der Waals surface area contributed by atoms with Gasteiger partial charge in [-0.05, 0) is 0 Å². The Bertz CT molecular complexity index is 470. The van der Waals surface area contributed by atoms with E-state index in [1.807, 2.05) is 0 Å². The molecule has 2 heterocycles.